The highest BCUT2D eigenvalue weighted by molar-refractivity contribution is 7.92. The summed E-state index contributed by atoms with van der Waals surface area (Å²) in [6, 6.07) is 32.9. The van der Waals surface area contributed by atoms with Gasteiger partial charge in [0.1, 0.15) is 11.9 Å². The highest BCUT2D eigenvalue weighted by atomic mass is 32.2. The summed E-state index contributed by atoms with van der Waals surface area (Å²) in [4.78, 5) is 38.0. The Labute approximate surface area is 396 Å². The second kappa shape index (κ2) is 17.3. The molecule has 1 fully saturated rings. The molecule has 9 aromatic rings. The van der Waals surface area contributed by atoms with Crippen LogP contribution in [0.4, 0.5) is 0 Å². The van der Waals surface area contributed by atoms with E-state index >= 15 is 0 Å². The first-order valence-electron chi connectivity index (χ1n) is 22.6. The molecule has 1 aliphatic carbocycles. The van der Waals surface area contributed by atoms with Crippen molar-refractivity contribution in [2.75, 3.05) is 0 Å². The van der Waals surface area contributed by atoms with Crippen molar-refractivity contribution in [2.45, 2.75) is 89.4 Å². The van der Waals surface area contributed by atoms with Crippen molar-refractivity contribution in [1.82, 2.24) is 9.97 Å². The first kappa shape index (κ1) is 44.4. The number of aromatic nitrogens is 2. The number of carboxylic acids is 2. The zero-order valence-corrected chi connectivity index (χ0v) is 40.2. The van der Waals surface area contributed by atoms with E-state index in [-0.39, 0.29) is 27.5 Å². The molecule has 2 N–H and O–H groups in total. The Hall–Kier alpha value is -6.47. The molecular weight excluding hydrogens is 897 g/mol. The number of ether oxygens (including phenoxy) is 1. The monoisotopic (exact) mass is 944 g/mol. The summed E-state index contributed by atoms with van der Waals surface area (Å²) >= 11 is 3.12. The highest BCUT2D eigenvalue weighted by Crippen LogP contribution is 2.45. The van der Waals surface area contributed by atoms with E-state index in [1.807, 2.05) is 70.2 Å². The average Bonchev–Trinajstić information content (AvgIpc) is 3.86. The lowest BCUT2D eigenvalue weighted by atomic mass is 9.98. The van der Waals surface area contributed by atoms with Crippen LogP contribution >= 0.6 is 22.7 Å². The molecule has 10 rings (SSSR count). The van der Waals surface area contributed by atoms with Gasteiger partial charge in [-0.1, -0.05) is 80.8 Å². The Morgan fingerprint density at radius 3 is 1.84 bits per heavy atom. The molecule has 0 saturated heterocycles. The molecule has 4 aromatic heterocycles. The number of hydrogen-bond donors (Lipinski definition) is 2. The lowest BCUT2D eigenvalue weighted by molar-refractivity contribution is 0.0688. The summed E-state index contributed by atoms with van der Waals surface area (Å²) in [6.45, 7) is 9.93. The molecule has 0 radical (unpaired) electrons. The number of aryl methyl sites for hydroxylation is 4. The smallest absolute Gasteiger partial charge is 0.336 e. The number of carboxylic acid groups (broad SMARTS) is 2. The van der Waals surface area contributed by atoms with Crippen LogP contribution in [0, 0.1) is 20.8 Å². The molecule has 9 nitrogen and oxygen atoms in total. The Bertz CT molecular complexity index is 3610. The predicted molar refractivity (Wildman–Crippen MR) is 271 cm³/mol. The lowest BCUT2D eigenvalue weighted by Crippen LogP contribution is -2.24. The van der Waals surface area contributed by atoms with Crippen molar-refractivity contribution in [3.8, 4) is 38.0 Å². The highest BCUT2D eigenvalue weighted by Gasteiger charge is 2.33. The van der Waals surface area contributed by atoms with Crippen LogP contribution in [0.1, 0.15) is 101 Å². The fourth-order valence-electron chi connectivity index (χ4n) is 9.83. The maximum absolute atomic E-state index is 14.1. The molecule has 5 aromatic carbocycles. The topological polar surface area (TPSA) is 144 Å². The van der Waals surface area contributed by atoms with Crippen LogP contribution in [-0.2, 0) is 16.3 Å². The van der Waals surface area contributed by atoms with E-state index in [1.54, 1.807) is 46.9 Å². The average molecular weight is 945 g/mol. The molecule has 1 saturated carbocycles. The molecule has 4 heterocycles. The quantitative estimate of drug-likeness (QED) is 0.129. The molecule has 0 bridgehead atoms. The van der Waals surface area contributed by atoms with Crippen molar-refractivity contribution < 1.29 is 33.0 Å². The van der Waals surface area contributed by atoms with Gasteiger partial charge in [0.25, 0.3) is 0 Å². The van der Waals surface area contributed by atoms with Crippen molar-refractivity contribution in [3.05, 3.63) is 142 Å². The molecule has 0 spiro atoms. The molecular formula is C55H48N2O7S3. The fourth-order valence-corrected chi connectivity index (χ4v) is 14.2. The van der Waals surface area contributed by atoms with Gasteiger partial charge in [-0.3, -0.25) is 0 Å². The second-order valence-corrected chi connectivity index (χ2v) is 21.9. The number of rotatable bonds is 11. The SMILES string of the molecule is CCc1ccc(S(=O)(=O)C2CCCCC2)c2c(C(=O)O)cc(-c3sc4ccc(-c5ccc6sc(-c7cc(C(=O)O)c8c(O[C@@H](C)c9ccccc9)ccc(C)c8n7)c(C)c6c5)cc4c3C)nc12. The van der Waals surface area contributed by atoms with Crippen LogP contribution in [-0.4, -0.2) is 45.8 Å². The first-order chi connectivity index (χ1) is 32.2. The number of sulfone groups is 1. The largest absolute Gasteiger partial charge is 0.485 e. The third-order valence-corrected chi connectivity index (χ3v) is 18.4. The van der Waals surface area contributed by atoms with Crippen LogP contribution in [0.3, 0.4) is 0 Å². The fraction of sp³-hybridized carbons (Fsp3) is 0.236. The Morgan fingerprint density at radius 1 is 0.701 bits per heavy atom. The van der Waals surface area contributed by atoms with Crippen LogP contribution in [0.25, 0.3) is 74.2 Å². The van der Waals surface area contributed by atoms with Gasteiger partial charge < -0.3 is 14.9 Å². The molecule has 0 aliphatic heterocycles. The Kier molecular flexibility index (Phi) is 11.5. The minimum atomic E-state index is -3.79. The lowest BCUT2D eigenvalue weighted by Gasteiger charge is -2.23. The van der Waals surface area contributed by atoms with Gasteiger partial charge in [0.15, 0.2) is 9.84 Å². The second-order valence-electron chi connectivity index (χ2n) is 17.6. The molecule has 0 amide bonds. The number of nitrogens with zero attached hydrogens (tertiary/aromatic N) is 2. The van der Waals surface area contributed by atoms with Crippen LogP contribution in [0.15, 0.2) is 108 Å². The zero-order chi connectivity index (χ0) is 46.9. The summed E-state index contributed by atoms with van der Waals surface area (Å²) in [6.07, 6.45) is 4.08. The number of hydrogen-bond acceptors (Lipinski definition) is 9. The zero-order valence-electron chi connectivity index (χ0n) is 37.8. The van der Waals surface area contributed by atoms with Gasteiger partial charge >= 0.3 is 11.9 Å². The third-order valence-electron chi connectivity index (χ3n) is 13.5. The van der Waals surface area contributed by atoms with Crippen molar-refractivity contribution >= 4 is 86.4 Å². The van der Waals surface area contributed by atoms with Crippen molar-refractivity contribution in [1.29, 1.82) is 0 Å². The van der Waals surface area contributed by atoms with Gasteiger partial charge in [-0.2, -0.15) is 0 Å². The summed E-state index contributed by atoms with van der Waals surface area (Å²) in [5.41, 5.74) is 8.77. The summed E-state index contributed by atoms with van der Waals surface area (Å²) < 4.78 is 36.7. The molecule has 0 unspecified atom stereocenters. The van der Waals surface area contributed by atoms with E-state index in [0.717, 1.165) is 88.1 Å². The van der Waals surface area contributed by atoms with Crippen molar-refractivity contribution in [3.63, 3.8) is 0 Å². The van der Waals surface area contributed by atoms with Crippen LogP contribution in [0.5, 0.6) is 5.75 Å². The van der Waals surface area contributed by atoms with Gasteiger partial charge in [0, 0.05) is 14.8 Å². The third kappa shape index (κ3) is 7.74. The molecule has 12 heteroatoms. The number of pyridine rings is 2. The van der Waals surface area contributed by atoms with Gasteiger partial charge in [0.05, 0.1) is 58.8 Å². The number of carbonyl (C=O) groups is 2. The van der Waals surface area contributed by atoms with Gasteiger partial charge in [-0.05, 0) is 145 Å². The summed E-state index contributed by atoms with van der Waals surface area (Å²) in [7, 11) is -3.79. The number of fused-ring (bicyclic) bond motifs is 4. The van der Waals surface area contributed by atoms with E-state index in [1.165, 1.54) is 0 Å². The maximum atomic E-state index is 14.1. The van der Waals surface area contributed by atoms with Gasteiger partial charge in [-0.25, -0.2) is 28.0 Å². The number of thiophene rings is 2. The van der Waals surface area contributed by atoms with Crippen molar-refractivity contribution in [2.24, 2.45) is 0 Å². The summed E-state index contributed by atoms with van der Waals surface area (Å²) in [5.74, 6) is -1.78. The van der Waals surface area contributed by atoms with E-state index in [4.69, 9.17) is 14.7 Å². The molecule has 1 atom stereocenters. The van der Waals surface area contributed by atoms with E-state index in [9.17, 15) is 28.2 Å². The maximum Gasteiger partial charge on any atom is 0.336 e. The molecule has 338 valence electrons. The van der Waals surface area contributed by atoms with Gasteiger partial charge in [-0.15, -0.1) is 22.7 Å². The molecule has 1 aliphatic rings. The van der Waals surface area contributed by atoms with E-state index in [2.05, 4.69) is 43.3 Å². The predicted octanol–water partition coefficient (Wildman–Crippen LogP) is 14.3. The van der Waals surface area contributed by atoms with Crippen LogP contribution < -0.4 is 4.74 Å². The normalized spacial score (nSPS) is 14.0. The molecule has 67 heavy (non-hydrogen) atoms. The Morgan fingerprint density at radius 2 is 1.27 bits per heavy atom. The van der Waals surface area contributed by atoms with E-state index in [0.29, 0.717) is 52.8 Å². The Balaban J connectivity index is 1.03. The van der Waals surface area contributed by atoms with Gasteiger partial charge in [0.2, 0.25) is 0 Å². The van der Waals surface area contributed by atoms with Crippen LogP contribution in [0.2, 0.25) is 0 Å². The standard InChI is InChI=1S/C55H48N2O7S3/c1-6-33-20-24-47(67(62,63)37-15-11-8-12-16-37)49-41(55(60)61)28-43(57-51(33)49)53-31(4)39-26-36(19-23-46(39)66-53)35-18-22-45-38(25-35)30(3)52(65-45)42-27-40(54(58)59)48-44(21-17-29(2)50(48)56-42)64-32(5)34-13-9-7-10-14-34/h7,9-10,13-14,17-28,32,37H,6,8,11-12,15-16H2,1-5H3,(H,58,59)(H,60,61)/t32-/m0/s1. The minimum absolute atomic E-state index is 0.0542. The first-order valence-corrected chi connectivity index (χ1v) is 25.8. The summed E-state index contributed by atoms with van der Waals surface area (Å²) in [5, 5.41) is 23.5. The minimum Gasteiger partial charge on any atom is -0.485 e. The number of aromatic carboxylic acids is 2. The van der Waals surface area contributed by atoms with E-state index < -0.39 is 27.0 Å². The number of benzene rings is 5.